The molecule has 0 radical (unpaired) electrons. The summed E-state index contributed by atoms with van der Waals surface area (Å²) in [5, 5.41) is 7.82. The van der Waals surface area contributed by atoms with Crippen LogP contribution >= 0.6 is 35.3 Å². The second-order valence-corrected chi connectivity index (χ2v) is 6.72. The Labute approximate surface area is 171 Å². The zero-order valence-electron chi connectivity index (χ0n) is 15.3. The summed E-state index contributed by atoms with van der Waals surface area (Å²) in [6.45, 7) is 8.35. The Morgan fingerprint density at radius 2 is 2.08 bits per heavy atom. The number of rotatable bonds is 7. The monoisotopic (exact) mass is 474 g/mol. The van der Waals surface area contributed by atoms with Crippen molar-refractivity contribution in [3.63, 3.8) is 0 Å². The number of nitrogens with zero attached hydrogens (tertiary/aromatic N) is 2. The van der Waals surface area contributed by atoms with Crippen LogP contribution in [0.15, 0.2) is 29.3 Å². The molecule has 0 bridgehead atoms. The zero-order valence-corrected chi connectivity index (χ0v) is 18.4. The summed E-state index contributed by atoms with van der Waals surface area (Å²) in [6.07, 6.45) is 0.903. The molecule has 0 atom stereocenters. The van der Waals surface area contributed by atoms with Crippen molar-refractivity contribution >= 4 is 41.3 Å². The van der Waals surface area contributed by atoms with E-state index in [1.807, 2.05) is 25.1 Å². The van der Waals surface area contributed by atoms with Crippen LogP contribution < -0.4 is 15.4 Å². The van der Waals surface area contributed by atoms with Crippen molar-refractivity contribution in [1.82, 2.24) is 15.6 Å². The van der Waals surface area contributed by atoms with Gasteiger partial charge in [-0.15, -0.1) is 35.3 Å². The highest BCUT2D eigenvalue weighted by Gasteiger charge is 2.04. The summed E-state index contributed by atoms with van der Waals surface area (Å²) in [7, 11) is 1.78. The first kappa shape index (κ1) is 21.7. The highest BCUT2D eigenvalue weighted by Crippen LogP contribution is 2.16. The number of benzene rings is 1. The summed E-state index contributed by atoms with van der Waals surface area (Å²) >= 11 is 1.76. The van der Waals surface area contributed by atoms with Crippen LogP contribution in [0.5, 0.6) is 5.75 Å². The van der Waals surface area contributed by atoms with Gasteiger partial charge >= 0.3 is 0 Å². The van der Waals surface area contributed by atoms with E-state index in [4.69, 9.17) is 4.74 Å². The van der Waals surface area contributed by atoms with E-state index in [0.717, 1.165) is 40.9 Å². The summed E-state index contributed by atoms with van der Waals surface area (Å²) in [5.41, 5.74) is 2.29. The average Bonchev–Trinajstić information content (AvgIpc) is 2.89. The fraction of sp³-hybridized carbons (Fsp3) is 0.444. The molecule has 1 heterocycles. The lowest BCUT2D eigenvalue weighted by Crippen LogP contribution is -2.37. The van der Waals surface area contributed by atoms with Crippen LogP contribution in [0.2, 0.25) is 0 Å². The molecule has 0 saturated heterocycles. The van der Waals surface area contributed by atoms with E-state index in [1.165, 1.54) is 4.88 Å². The second kappa shape index (κ2) is 11.3. The minimum absolute atomic E-state index is 0. The van der Waals surface area contributed by atoms with Gasteiger partial charge in [-0.3, -0.25) is 4.99 Å². The molecule has 2 N–H and O–H groups in total. The second-order valence-electron chi connectivity index (χ2n) is 5.43. The Morgan fingerprint density at radius 1 is 1.28 bits per heavy atom. The molecule has 0 amide bonds. The maximum Gasteiger partial charge on any atom is 0.191 e. The van der Waals surface area contributed by atoms with E-state index in [2.05, 4.69) is 40.5 Å². The SMILES string of the molecule is CCOc1cccc(CNC(=NC)NCCc2nc(C)c(C)s2)c1.I. The lowest BCUT2D eigenvalue weighted by molar-refractivity contribution is 0.340. The number of nitrogens with one attached hydrogen (secondary N) is 2. The smallest absolute Gasteiger partial charge is 0.191 e. The molecule has 0 aliphatic rings. The Balaban J connectivity index is 0.00000312. The van der Waals surface area contributed by atoms with Gasteiger partial charge < -0.3 is 15.4 Å². The van der Waals surface area contributed by atoms with Crippen LogP contribution in [0, 0.1) is 13.8 Å². The number of ether oxygens (including phenoxy) is 1. The van der Waals surface area contributed by atoms with Crippen molar-refractivity contribution < 1.29 is 4.74 Å². The normalized spacial score (nSPS) is 11.0. The Morgan fingerprint density at radius 3 is 2.72 bits per heavy atom. The lowest BCUT2D eigenvalue weighted by atomic mass is 10.2. The molecule has 2 aromatic rings. The number of aromatic nitrogens is 1. The van der Waals surface area contributed by atoms with Crippen molar-refractivity contribution in [2.24, 2.45) is 4.99 Å². The van der Waals surface area contributed by atoms with E-state index in [9.17, 15) is 0 Å². The molecule has 0 unspecified atom stereocenters. The first-order valence-electron chi connectivity index (χ1n) is 8.21. The number of aliphatic imine (C=N–C) groups is 1. The van der Waals surface area contributed by atoms with E-state index < -0.39 is 0 Å². The third-order valence-electron chi connectivity index (χ3n) is 3.60. The van der Waals surface area contributed by atoms with Crippen molar-refractivity contribution in [3.8, 4) is 5.75 Å². The van der Waals surface area contributed by atoms with Crippen molar-refractivity contribution in [3.05, 3.63) is 45.4 Å². The zero-order chi connectivity index (χ0) is 17.4. The van der Waals surface area contributed by atoms with Gasteiger partial charge in [-0.25, -0.2) is 4.98 Å². The molecule has 0 spiro atoms. The van der Waals surface area contributed by atoms with Gasteiger partial charge in [0.1, 0.15) is 5.75 Å². The first-order chi connectivity index (χ1) is 11.6. The summed E-state index contributed by atoms with van der Waals surface area (Å²) < 4.78 is 5.53. The largest absolute Gasteiger partial charge is 0.494 e. The lowest BCUT2D eigenvalue weighted by Gasteiger charge is -2.12. The maximum atomic E-state index is 5.53. The minimum Gasteiger partial charge on any atom is -0.494 e. The Bertz CT molecular complexity index is 668. The van der Waals surface area contributed by atoms with Gasteiger partial charge in [0.25, 0.3) is 0 Å². The first-order valence-corrected chi connectivity index (χ1v) is 9.03. The predicted octanol–water partition coefficient (Wildman–Crippen LogP) is 3.68. The minimum atomic E-state index is 0. The molecule has 1 aromatic carbocycles. The molecule has 2 rings (SSSR count). The van der Waals surface area contributed by atoms with Crippen molar-refractivity contribution in [2.45, 2.75) is 33.7 Å². The van der Waals surface area contributed by atoms with Crippen LogP contribution in [0.3, 0.4) is 0 Å². The molecule has 138 valence electrons. The van der Waals surface area contributed by atoms with Gasteiger partial charge in [-0.1, -0.05) is 12.1 Å². The van der Waals surface area contributed by atoms with Crippen molar-refractivity contribution in [1.29, 1.82) is 0 Å². The number of hydrogen-bond donors (Lipinski definition) is 2. The quantitative estimate of drug-likeness (QED) is 0.365. The molecule has 0 fully saturated rings. The van der Waals surface area contributed by atoms with E-state index >= 15 is 0 Å². The summed E-state index contributed by atoms with van der Waals surface area (Å²) in [5.74, 6) is 1.69. The summed E-state index contributed by atoms with van der Waals surface area (Å²) in [4.78, 5) is 10.1. The van der Waals surface area contributed by atoms with Crippen molar-refractivity contribution in [2.75, 3.05) is 20.2 Å². The van der Waals surface area contributed by atoms with E-state index in [-0.39, 0.29) is 24.0 Å². The maximum absolute atomic E-state index is 5.53. The van der Waals surface area contributed by atoms with Gasteiger partial charge in [0.2, 0.25) is 0 Å². The number of guanidine groups is 1. The molecule has 0 aliphatic carbocycles. The molecule has 0 saturated carbocycles. The molecular formula is C18H27IN4OS. The van der Waals surface area contributed by atoms with Gasteiger partial charge in [0, 0.05) is 31.4 Å². The number of thiazole rings is 1. The third kappa shape index (κ3) is 7.19. The molecule has 1 aromatic heterocycles. The Hall–Kier alpha value is -1.35. The van der Waals surface area contributed by atoms with Gasteiger partial charge in [-0.2, -0.15) is 0 Å². The van der Waals surface area contributed by atoms with Gasteiger partial charge in [0.05, 0.1) is 17.3 Å². The highest BCUT2D eigenvalue weighted by molar-refractivity contribution is 14.0. The fourth-order valence-corrected chi connectivity index (χ4v) is 3.19. The van der Waals surface area contributed by atoms with Crippen LogP contribution in [-0.4, -0.2) is 31.1 Å². The van der Waals surface area contributed by atoms with Crippen LogP contribution in [0.25, 0.3) is 0 Å². The Kier molecular flexibility index (Phi) is 9.81. The third-order valence-corrected chi connectivity index (χ3v) is 4.73. The van der Waals surface area contributed by atoms with Gasteiger partial charge in [-0.05, 0) is 38.5 Å². The van der Waals surface area contributed by atoms with E-state index in [1.54, 1.807) is 18.4 Å². The number of hydrogen-bond acceptors (Lipinski definition) is 4. The average molecular weight is 474 g/mol. The van der Waals surface area contributed by atoms with Crippen LogP contribution in [-0.2, 0) is 13.0 Å². The summed E-state index contributed by atoms with van der Waals surface area (Å²) in [6, 6.07) is 8.10. The highest BCUT2D eigenvalue weighted by atomic mass is 127. The topological polar surface area (TPSA) is 58.5 Å². The van der Waals surface area contributed by atoms with Crippen LogP contribution in [0.1, 0.15) is 28.1 Å². The number of halogens is 1. The molecule has 5 nitrogen and oxygen atoms in total. The molecule has 7 heteroatoms. The molecule has 0 aliphatic heterocycles. The standard InChI is InChI=1S/C18H26N4OS.HI/c1-5-23-16-8-6-7-15(11-16)12-21-18(19-4)20-10-9-17-22-13(2)14(3)24-17;/h6-8,11H,5,9-10,12H2,1-4H3,(H2,19,20,21);1H. The molecular weight excluding hydrogens is 447 g/mol. The number of aryl methyl sites for hydroxylation is 2. The fourth-order valence-electron chi connectivity index (χ4n) is 2.25. The predicted molar refractivity (Wildman–Crippen MR) is 117 cm³/mol. The van der Waals surface area contributed by atoms with Crippen LogP contribution in [0.4, 0.5) is 0 Å². The van der Waals surface area contributed by atoms with E-state index in [0.29, 0.717) is 13.2 Å². The van der Waals surface area contributed by atoms with Gasteiger partial charge in [0.15, 0.2) is 5.96 Å². The molecule has 25 heavy (non-hydrogen) atoms.